The molecule has 5 atom stereocenters. The fourth-order valence-electron chi connectivity index (χ4n) is 2.26. The topological polar surface area (TPSA) is 150 Å². The molecular weight excluding hydrogens is 332 g/mol. The number of aliphatic hydroxyl groups excluding tert-OH is 1. The maximum Gasteiger partial charge on any atom is 1.00 e. The van der Waals surface area contributed by atoms with E-state index in [9.17, 15) is 19.7 Å². The van der Waals surface area contributed by atoms with E-state index in [0.29, 0.717) is 0 Å². The van der Waals surface area contributed by atoms with Gasteiger partial charge in [-0.05, 0) is 6.07 Å². The minimum Gasteiger partial charge on any atom is -0.846 e. The Morgan fingerprint density at radius 3 is 2.76 bits per heavy atom. The Morgan fingerprint density at radius 1 is 1.48 bits per heavy atom. The number of aromatic nitrogens is 2. The summed E-state index contributed by atoms with van der Waals surface area (Å²) in [6.45, 7) is -0.459. The summed E-state index contributed by atoms with van der Waals surface area (Å²) in [6.07, 6.45) is -2.65. The number of nitrogens with one attached hydrogen (secondary N) is 1. The first-order chi connectivity index (χ1) is 9.41. The summed E-state index contributed by atoms with van der Waals surface area (Å²) in [7, 11) is -4.22. The molecule has 0 bridgehead atoms. The summed E-state index contributed by atoms with van der Waals surface area (Å²) in [4.78, 5) is 12.8. The third-order valence-electron chi connectivity index (χ3n) is 3.08. The number of hydrogen-bond acceptors (Lipinski definition) is 8. The number of ether oxygens (including phenoxy) is 1. The number of phosphoric acid groups is 1. The largest absolute Gasteiger partial charge is 1.00 e. The van der Waals surface area contributed by atoms with Gasteiger partial charge in [-0.1, -0.05) is 0 Å². The van der Waals surface area contributed by atoms with Crippen molar-refractivity contribution in [3.63, 3.8) is 0 Å². The van der Waals surface area contributed by atoms with Gasteiger partial charge in [0.15, 0.2) is 6.23 Å². The fourth-order valence-corrected chi connectivity index (χ4v) is 3.40. The van der Waals surface area contributed by atoms with E-state index in [-0.39, 0.29) is 56.9 Å². The molecule has 2 fully saturated rings. The van der Waals surface area contributed by atoms with E-state index in [1.54, 1.807) is 0 Å². The van der Waals surface area contributed by atoms with Crippen LogP contribution in [0.15, 0.2) is 12.3 Å². The molecule has 3 rings (SSSR count). The van der Waals surface area contributed by atoms with E-state index in [0.717, 1.165) is 4.57 Å². The Hall–Kier alpha value is 0.346. The zero-order chi connectivity index (χ0) is 14.5. The smallest absolute Gasteiger partial charge is 0.846 e. The first-order valence-electron chi connectivity index (χ1n) is 5.68. The van der Waals surface area contributed by atoms with Crippen molar-refractivity contribution in [2.75, 3.05) is 6.61 Å². The van der Waals surface area contributed by atoms with Crippen molar-refractivity contribution in [1.82, 2.24) is 9.55 Å². The van der Waals surface area contributed by atoms with Crippen LogP contribution in [-0.2, 0) is 18.3 Å². The second-order valence-corrected chi connectivity index (χ2v) is 5.72. The zero-order valence-corrected chi connectivity index (χ0v) is 15.0. The molecule has 0 spiro atoms. The Morgan fingerprint density at radius 2 is 2.14 bits per heavy atom. The van der Waals surface area contributed by atoms with Gasteiger partial charge in [0.1, 0.15) is 23.8 Å². The predicted molar refractivity (Wildman–Crippen MR) is 58.1 cm³/mol. The van der Waals surface area contributed by atoms with Crippen LogP contribution in [0.3, 0.4) is 0 Å². The van der Waals surface area contributed by atoms with Gasteiger partial charge in [0.2, 0.25) is 0 Å². The molecule has 1 unspecified atom stereocenters. The van der Waals surface area contributed by atoms with Gasteiger partial charge in [-0.25, -0.2) is 9.55 Å². The van der Waals surface area contributed by atoms with Crippen LogP contribution >= 0.6 is 7.82 Å². The Bertz CT molecular complexity index is 640. The van der Waals surface area contributed by atoms with Crippen molar-refractivity contribution in [2.45, 2.75) is 24.5 Å². The van der Waals surface area contributed by atoms with Gasteiger partial charge in [0.25, 0.3) is 0 Å². The Balaban J connectivity index is 0.00000161. The first kappa shape index (κ1) is 17.7. The molecule has 3 heterocycles. The molecule has 10 nitrogen and oxygen atoms in total. The summed E-state index contributed by atoms with van der Waals surface area (Å²) in [5.41, 5.74) is -0.212. The summed E-state index contributed by atoms with van der Waals surface area (Å²) < 4.78 is 27.6. The van der Waals surface area contributed by atoms with Gasteiger partial charge in [0, 0.05) is 6.20 Å². The van der Waals surface area contributed by atoms with Crippen molar-refractivity contribution in [3.8, 4) is 6.01 Å². The molecule has 12 heteroatoms. The van der Waals surface area contributed by atoms with Crippen LogP contribution in [0, 0.1) is 5.41 Å². The maximum atomic E-state index is 11.7. The summed E-state index contributed by atoms with van der Waals surface area (Å²) in [5.74, 6) is 0. The molecule has 3 N–H and O–H groups in total. The van der Waals surface area contributed by atoms with Gasteiger partial charge < -0.3 is 24.4 Å². The van der Waals surface area contributed by atoms with E-state index < -0.39 is 45.0 Å². The van der Waals surface area contributed by atoms with Gasteiger partial charge in [-0.3, -0.25) is 14.5 Å². The van der Waals surface area contributed by atoms with Gasteiger partial charge in [-0.2, -0.15) is 0 Å². The summed E-state index contributed by atoms with van der Waals surface area (Å²) in [5, 5.41) is 28.2. The second kappa shape index (κ2) is 6.46. The van der Waals surface area contributed by atoms with Crippen molar-refractivity contribution < 1.29 is 84.8 Å². The molecule has 2 saturated heterocycles. The van der Waals surface area contributed by atoms with Crippen LogP contribution in [0.1, 0.15) is 6.23 Å². The molecule has 0 aromatic carbocycles. The molecule has 0 aliphatic carbocycles. The SMILES string of the molecule is N=c1ccn([C@@H]2O[C@H](CO)[C@H]3OP(=O)(O)O[C@H]32)c([O-])n1.[K+]. The average Bonchev–Trinajstić information content (AvgIpc) is 2.83. The molecule has 2 aliphatic heterocycles. The van der Waals surface area contributed by atoms with Gasteiger partial charge in [-0.15, -0.1) is 0 Å². The van der Waals surface area contributed by atoms with E-state index >= 15 is 0 Å². The van der Waals surface area contributed by atoms with E-state index in [4.69, 9.17) is 19.2 Å². The number of nitrogens with zero attached hydrogens (tertiary/aromatic N) is 2. The van der Waals surface area contributed by atoms with E-state index in [2.05, 4.69) is 4.98 Å². The standard InChI is InChI=1S/C9H12N3O7P.K/c10-5-1-2-12(9(14)11-5)8-7-6(4(3-13)17-8)18-20(15,16)19-7;/h1-2,4,6-8,13H,3H2,(H,15,16)(H2,10,11,14);/q;+1/p-1/t4-,6-,7-,8-;/m1./s1. The number of fused-ring (bicyclic) bond motifs is 1. The average molecular weight is 343 g/mol. The third-order valence-corrected chi connectivity index (χ3v) is 4.10. The van der Waals surface area contributed by atoms with Crippen molar-refractivity contribution >= 4 is 7.82 Å². The molecule has 0 radical (unpaired) electrons. The summed E-state index contributed by atoms with van der Waals surface area (Å²) >= 11 is 0. The van der Waals surface area contributed by atoms with Crippen LogP contribution in [0.4, 0.5) is 0 Å². The number of rotatable bonds is 2. The molecule has 2 aliphatic rings. The minimum absolute atomic E-state index is 0. The molecule has 110 valence electrons. The minimum atomic E-state index is -4.22. The van der Waals surface area contributed by atoms with E-state index in [1.807, 2.05) is 0 Å². The van der Waals surface area contributed by atoms with Crippen LogP contribution in [-0.4, -0.2) is 44.5 Å². The summed E-state index contributed by atoms with van der Waals surface area (Å²) in [6, 6.07) is 0.503. The fraction of sp³-hybridized carbons (Fsp3) is 0.556. The second-order valence-electron chi connectivity index (χ2n) is 4.36. The number of phosphoric ester groups is 1. The predicted octanol–water partition coefficient (Wildman–Crippen LogP) is -4.79. The van der Waals surface area contributed by atoms with E-state index in [1.165, 1.54) is 12.3 Å². The number of hydrogen-bond donors (Lipinski definition) is 3. The third kappa shape index (κ3) is 3.33. The molecule has 0 amide bonds. The zero-order valence-electron chi connectivity index (χ0n) is 10.9. The molecule has 1 aromatic rings. The molecule has 1 aromatic heterocycles. The van der Waals surface area contributed by atoms with Gasteiger partial charge in [0.05, 0.1) is 12.6 Å². The Labute approximate surface area is 161 Å². The van der Waals surface area contributed by atoms with Gasteiger partial charge >= 0.3 is 59.2 Å². The quantitative estimate of drug-likeness (QED) is 0.358. The molecular formula is C9H11KN3O7P. The van der Waals surface area contributed by atoms with Crippen LogP contribution in [0.2, 0.25) is 0 Å². The van der Waals surface area contributed by atoms with Crippen LogP contribution in [0.25, 0.3) is 0 Å². The number of aliphatic hydroxyl groups is 1. The Kier molecular flexibility index (Phi) is 5.44. The maximum absolute atomic E-state index is 11.7. The molecule has 21 heavy (non-hydrogen) atoms. The monoisotopic (exact) mass is 343 g/mol. The van der Waals surface area contributed by atoms with Crippen LogP contribution in [0.5, 0.6) is 6.01 Å². The molecule has 0 saturated carbocycles. The van der Waals surface area contributed by atoms with Crippen LogP contribution < -0.4 is 62.0 Å². The van der Waals surface area contributed by atoms with Crippen molar-refractivity contribution in [1.29, 1.82) is 5.41 Å². The van der Waals surface area contributed by atoms with Crippen molar-refractivity contribution in [2.24, 2.45) is 0 Å². The normalized spacial score (nSPS) is 38.0. The van der Waals surface area contributed by atoms with Crippen molar-refractivity contribution in [3.05, 3.63) is 17.8 Å². The first-order valence-corrected chi connectivity index (χ1v) is 7.17.